The summed E-state index contributed by atoms with van der Waals surface area (Å²) in [5, 5.41) is 8.49. The first kappa shape index (κ1) is 23.8. The molecule has 0 radical (unpaired) electrons. The van der Waals surface area contributed by atoms with Gasteiger partial charge < -0.3 is 14.2 Å². The Labute approximate surface area is 193 Å². The average Bonchev–Trinajstić information content (AvgIpc) is 3.30. The Morgan fingerprint density at radius 3 is 2.24 bits per heavy atom. The van der Waals surface area contributed by atoms with Crippen LogP contribution in [-0.2, 0) is 19.1 Å². The third kappa shape index (κ3) is 4.82. The molecule has 0 fully saturated rings. The van der Waals surface area contributed by atoms with Crippen molar-refractivity contribution in [1.29, 1.82) is 0 Å². The molecule has 2 aromatic rings. The van der Waals surface area contributed by atoms with Gasteiger partial charge in [0, 0.05) is 18.2 Å². The fourth-order valence-corrected chi connectivity index (χ4v) is 4.07. The van der Waals surface area contributed by atoms with Crippen LogP contribution in [0, 0.1) is 6.92 Å². The van der Waals surface area contributed by atoms with E-state index in [0.29, 0.717) is 11.3 Å². The maximum absolute atomic E-state index is 12.5. The number of methoxy groups -OCH3 is 1. The molecule has 2 heterocycles. The number of benzene rings is 1. The molecule has 172 valence electrons. The van der Waals surface area contributed by atoms with E-state index in [9.17, 15) is 19.2 Å². The van der Waals surface area contributed by atoms with E-state index in [1.54, 1.807) is 20.8 Å². The van der Waals surface area contributed by atoms with Crippen LogP contribution in [0.4, 0.5) is 16.4 Å². The van der Waals surface area contributed by atoms with Crippen molar-refractivity contribution in [2.75, 3.05) is 25.2 Å². The smallest absolute Gasteiger partial charge is 0.348 e. The summed E-state index contributed by atoms with van der Waals surface area (Å²) in [5.74, 6) is -1.91. The van der Waals surface area contributed by atoms with Crippen LogP contribution in [0.25, 0.3) is 0 Å². The predicted molar refractivity (Wildman–Crippen MR) is 120 cm³/mol. The standard InChI is InChI=1S/C22H21N3O7S/c1-5-31-21(28)18-12(3)19(22(29)32-6-2)33-20(18)24-23-13-7-8-14(15(11-13)30-4)25-16(26)9-10-17(25)27/h7-11H,5-6H2,1-4H3. The number of carbonyl (C=O) groups excluding carboxylic acids is 4. The van der Waals surface area contributed by atoms with Gasteiger partial charge in [0.2, 0.25) is 0 Å². The summed E-state index contributed by atoms with van der Waals surface area (Å²) in [6.07, 6.45) is 2.35. The molecule has 1 aliphatic heterocycles. The number of rotatable bonds is 8. The largest absolute Gasteiger partial charge is 0.494 e. The number of carbonyl (C=O) groups is 4. The first-order chi connectivity index (χ1) is 15.8. The Hall–Kier alpha value is -3.86. The van der Waals surface area contributed by atoms with Gasteiger partial charge in [-0.1, -0.05) is 0 Å². The van der Waals surface area contributed by atoms with Crippen LogP contribution >= 0.6 is 11.3 Å². The zero-order chi connectivity index (χ0) is 24.1. The molecule has 0 unspecified atom stereocenters. The Bertz CT molecular complexity index is 1160. The van der Waals surface area contributed by atoms with Gasteiger partial charge in [0.25, 0.3) is 11.8 Å². The summed E-state index contributed by atoms with van der Waals surface area (Å²) in [6, 6.07) is 4.54. The molecule has 0 saturated carbocycles. The molecule has 0 N–H and O–H groups in total. The quantitative estimate of drug-likeness (QED) is 0.320. The minimum absolute atomic E-state index is 0.136. The highest BCUT2D eigenvalue weighted by Crippen LogP contribution is 2.39. The van der Waals surface area contributed by atoms with E-state index < -0.39 is 23.8 Å². The SMILES string of the molecule is CCOC(=O)c1sc(N=Nc2ccc(N3C(=O)C=CC3=O)c(OC)c2)c(C(=O)OCC)c1C. The third-order valence-electron chi connectivity index (χ3n) is 4.54. The van der Waals surface area contributed by atoms with Gasteiger partial charge in [-0.2, -0.15) is 0 Å². The van der Waals surface area contributed by atoms with Crippen molar-refractivity contribution in [2.24, 2.45) is 10.2 Å². The summed E-state index contributed by atoms with van der Waals surface area (Å²) < 4.78 is 15.5. The number of amides is 2. The number of hydrogen-bond acceptors (Lipinski definition) is 10. The van der Waals surface area contributed by atoms with Gasteiger partial charge in [0.05, 0.1) is 31.7 Å². The van der Waals surface area contributed by atoms with Crippen LogP contribution in [-0.4, -0.2) is 44.1 Å². The molecule has 0 aliphatic carbocycles. The second-order valence-corrected chi connectivity index (χ2v) is 7.58. The highest BCUT2D eigenvalue weighted by Gasteiger charge is 2.28. The highest BCUT2D eigenvalue weighted by molar-refractivity contribution is 7.18. The van der Waals surface area contributed by atoms with Gasteiger partial charge in [0.15, 0.2) is 5.00 Å². The van der Waals surface area contributed by atoms with E-state index in [0.717, 1.165) is 16.2 Å². The molecule has 0 bridgehead atoms. The van der Waals surface area contributed by atoms with Crippen LogP contribution in [0.15, 0.2) is 40.6 Å². The van der Waals surface area contributed by atoms with Gasteiger partial charge >= 0.3 is 11.9 Å². The summed E-state index contributed by atoms with van der Waals surface area (Å²) >= 11 is 0.969. The number of thiophene rings is 1. The van der Waals surface area contributed by atoms with Crippen LogP contribution in [0.2, 0.25) is 0 Å². The van der Waals surface area contributed by atoms with Gasteiger partial charge in [-0.3, -0.25) is 9.59 Å². The van der Waals surface area contributed by atoms with Gasteiger partial charge in [-0.05, 0) is 38.5 Å². The van der Waals surface area contributed by atoms with Crippen LogP contribution in [0.5, 0.6) is 5.75 Å². The molecular formula is C22H21N3O7S. The number of hydrogen-bond donors (Lipinski definition) is 0. The Morgan fingerprint density at radius 2 is 1.64 bits per heavy atom. The normalized spacial score (nSPS) is 13.2. The summed E-state index contributed by atoms with van der Waals surface area (Å²) in [5.41, 5.74) is 1.13. The van der Waals surface area contributed by atoms with Gasteiger partial charge in [-0.15, -0.1) is 21.6 Å². The van der Waals surface area contributed by atoms with E-state index in [1.165, 1.54) is 37.5 Å². The lowest BCUT2D eigenvalue weighted by Crippen LogP contribution is -2.29. The Morgan fingerprint density at radius 1 is 1.00 bits per heavy atom. The van der Waals surface area contributed by atoms with Gasteiger partial charge in [0.1, 0.15) is 16.2 Å². The van der Waals surface area contributed by atoms with Crippen molar-refractivity contribution in [3.05, 3.63) is 46.4 Å². The van der Waals surface area contributed by atoms with E-state index in [4.69, 9.17) is 14.2 Å². The van der Waals surface area contributed by atoms with E-state index in [1.807, 2.05) is 0 Å². The summed E-state index contributed by atoms with van der Waals surface area (Å²) in [6.45, 7) is 5.31. The fraction of sp³-hybridized carbons (Fsp3) is 0.273. The highest BCUT2D eigenvalue weighted by atomic mass is 32.1. The van der Waals surface area contributed by atoms with Crippen molar-refractivity contribution in [3.63, 3.8) is 0 Å². The molecule has 1 aromatic heterocycles. The number of imide groups is 1. The zero-order valence-electron chi connectivity index (χ0n) is 18.4. The van der Waals surface area contributed by atoms with Crippen molar-refractivity contribution < 1.29 is 33.4 Å². The molecule has 3 rings (SSSR count). The number of nitrogens with zero attached hydrogens (tertiary/aromatic N) is 3. The van der Waals surface area contributed by atoms with Crippen molar-refractivity contribution in [2.45, 2.75) is 20.8 Å². The predicted octanol–water partition coefficient (Wildman–Crippen LogP) is 4.26. The third-order valence-corrected chi connectivity index (χ3v) is 5.69. The molecule has 2 amide bonds. The van der Waals surface area contributed by atoms with Crippen LogP contribution < -0.4 is 9.64 Å². The Balaban J connectivity index is 1.98. The Kier molecular flexibility index (Phi) is 7.34. The number of anilines is 1. The minimum Gasteiger partial charge on any atom is -0.494 e. The number of esters is 2. The molecule has 1 aliphatic rings. The molecule has 0 spiro atoms. The maximum Gasteiger partial charge on any atom is 0.348 e. The molecule has 0 atom stereocenters. The van der Waals surface area contributed by atoms with Crippen molar-refractivity contribution in [1.82, 2.24) is 0 Å². The molecule has 0 saturated heterocycles. The molecule has 33 heavy (non-hydrogen) atoms. The summed E-state index contributed by atoms with van der Waals surface area (Å²) in [7, 11) is 1.39. The van der Waals surface area contributed by atoms with E-state index >= 15 is 0 Å². The fourth-order valence-electron chi connectivity index (χ4n) is 3.06. The maximum atomic E-state index is 12.5. The second kappa shape index (κ2) is 10.2. The molecular weight excluding hydrogens is 450 g/mol. The molecule has 1 aromatic carbocycles. The molecule has 11 heteroatoms. The number of azo groups is 1. The lowest BCUT2D eigenvalue weighted by molar-refractivity contribution is -0.120. The van der Waals surface area contributed by atoms with Gasteiger partial charge in [-0.25, -0.2) is 14.5 Å². The van der Waals surface area contributed by atoms with E-state index in [2.05, 4.69) is 10.2 Å². The first-order valence-electron chi connectivity index (χ1n) is 9.95. The lowest BCUT2D eigenvalue weighted by atomic mass is 10.1. The summed E-state index contributed by atoms with van der Waals surface area (Å²) in [4.78, 5) is 49.9. The zero-order valence-corrected chi connectivity index (χ0v) is 19.2. The molecule has 10 nitrogen and oxygen atoms in total. The minimum atomic E-state index is -0.623. The number of ether oxygens (including phenoxy) is 3. The van der Waals surface area contributed by atoms with E-state index in [-0.39, 0.29) is 40.1 Å². The lowest BCUT2D eigenvalue weighted by Gasteiger charge is -2.17. The average molecular weight is 471 g/mol. The van der Waals surface area contributed by atoms with Crippen molar-refractivity contribution in [3.8, 4) is 5.75 Å². The topological polar surface area (TPSA) is 124 Å². The monoisotopic (exact) mass is 471 g/mol. The van der Waals surface area contributed by atoms with Crippen LogP contribution in [0.1, 0.15) is 39.4 Å². The first-order valence-corrected chi connectivity index (χ1v) is 10.8. The van der Waals surface area contributed by atoms with Crippen LogP contribution in [0.3, 0.4) is 0 Å². The van der Waals surface area contributed by atoms with Crippen molar-refractivity contribution >= 4 is 51.5 Å². The second-order valence-electron chi connectivity index (χ2n) is 6.58.